The molecule has 1 heterocycles. The molecule has 0 bridgehead atoms. The molecule has 140 valence electrons. The lowest BCUT2D eigenvalue weighted by molar-refractivity contribution is -0.126. The lowest BCUT2D eigenvalue weighted by atomic mass is 10.0. The Morgan fingerprint density at radius 3 is 2.33 bits per heavy atom. The maximum atomic E-state index is 12.4. The number of nitrogens with one attached hydrogen (secondary N) is 1. The fourth-order valence-electron chi connectivity index (χ4n) is 3.09. The molecule has 2 amide bonds. The van der Waals surface area contributed by atoms with Crippen molar-refractivity contribution in [1.82, 2.24) is 10.2 Å². The van der Waals surface area contributed by atoms with E-state index in [1.54, 1.807) is 25.3 Å². The van der Waals surface area contributed by atoms with Gasteiger partial charge in [-0.25, -0.2) is 0 Å². The number of carbonyl (C=O) groups is 2. The highest BCUT2D eigenvalue weighted by Crippen LogP contribution is 2.14. The molecule has 0 atom stereocenters. The summed E-state index contributed by atoms with van der Waals surface area (Å²) >= 11 is 0. The van der Waals surface area contributed by atoms with E-state index < -0.39 is 0 Å². The van der Waals surface area contributed by atoms with E-state index in [2.05, 4.69) is 5.32 Å². The minimum absolute atomic E-state index is 0.00125. The molecule has 1 N–H and O–H groups in total. The first-order chi connectivity index (χ1) is 13.2. The molecule has 27 heavy (non-hydrogen) atoms. The van der Waals surface area contributed by atoms with Gasteiger partial charge >= 0.3 is 0 Å². The molecule has 0 radical (unpaired) electrons. The molecule has 0 unspecified atom stereocenters. The Labute approximate surface area is 159 Å². The summed E-state index contributed by atoms with van der Waals surface area (Å²) in [6, 6.07) is 16.9. The fourth-order valence-corrected chi connectivity index (χ4v) is 3.09. The quantitative estimate of drug-likeness (QED) is 0.830. The van der Waals surface area contributed by atoms with Crippen molar-refractivity contribution < 1.29 is 14.3 Å². The van der Waals surface area contributed by atoms with Gasteiger partial charge in [0.15, 0.2) is 0 Å². The van der Waals surface area contributed by atoms with Gasteiger partial charge in [0.2, 0.25) is 5.91 Å². The Morgan fingerprint density at radius 2 is 1.70 bits per heavy atom. The van der Waals surface area contributed by atoms with Crippen molar-refractivity contribution in [2.75, 3.05) is 20.2 Å². The van der Waals surface area contributed by atoms with Crippen LogP contribution in [0.15, 0.2) is 60.7 Å². The number of likely N-dealkylation sites (tertiary alicyclic amines) is 1. The highest BCUT2D eigenvalue weighted by atomic mass is 16.5. The molecule has 1 aliphatic heterocycles. The molecule has 1 saturated heterocycles. The van der Waals surface area contributed by atoms with Crippen molar-refractivity contribution in [3.8, 4) is 5.75 Å². The molecule has 5 nitrogen and oxygen atoms in total. The summed E-state index contributed by atoms with van der Waals surface area (Å²) < 4.78 is 5.13. The average Bonchev–Trinajstić information content (AvgIpc) is 2.73. The van der Waals surface area contributed by atoms with E-state index in [-0.39, 0.29) is 17.9 Å². The number of nitrogens with zero attached hydrogens (tertiary/aromatic N) is 1. The van der Waals surface area contributed by atoms with Gasteiger partial charge in [0.25, 0.3) is 5.91 Å². The van der Waals surface area contributed by atoms with Crippen LogP contribution in [0.3, 0.4) is 0 Å². The third-order valence-electron chi connectivity index (χ3n) is 4.71. The van der Waals surface area contributed by atoms with Crippen molar-refractivity contribution in [2.45, 2.75) is 18.9 Å². The molecule has 0 spiro atoms. The van der Waals surface area contributed by atoms with Crippen molar-refractivity contribution in [3.05, 3.63) is 71.8 Å². The van der Waals surface area contributed by atoms with Crippen LogP contribution in [0.1, 0.15) is 28.8 Å². The third-order valence-corrected chi connectivity index (χ3v) is 4.71. The minimum Gasteiger partial charge on any atom is -0.497 e. The Bertz CT molecular complexity index is 792. The SMILES string of the molecule is COc1ccc(C=CC(=O)N2CCC(NC(=O)c3ccccc3)CC2)cc1. The molecule has 0 aromatic heterocycles. The summed E-state index contributed by atoms with van der Waals surface area (Å²) in [7, 11) is 1.63. The first-order valence-corrected chi connectivity index (χ1v) is 9.12. The summed E-state index contributed by atoms with van der Waals surface area (Å²) in [6.07, 6.45) is 4.94. The van der Waals surface area contributed by atoms with Crippen molar-refractivity contribution >= 4 is 17.9 Å². The Balaban J connectivity index is 1.47. The molecule has 2 aromatic carbocycles. The molecule has 5 heteroatoms. The monoisotopic (exact) mass is 364 g/mol. The summed E-state index contributed by atoms with van der Waals surface area (Å²) in [6.45, 7) is 1.29. The zero-order valence-corrected chi connectivity index (χ0v) is 15.4. The Hall–Kier alpha value is -3.08. The number of benzene rings is 2. The van der Waals surface area contributed by atoms with Crippen LogP contribution >= 0.6 is 0 Å². The smallest absolute Gasteiger partial charge is 0.251 e. The van der Waals surface area contributed by atoms with Crippen molar-refractivity contribution in [2.24, 2.45) is 0 Å². The third kappa shape index (κ3) is 5.20. The molecule has 1 fully saturated rings. The highest BCUT2D eigenvalue weighted by molar-refractivity contribution is 5.94. The van der Waals surface area contributed by atoms with Crippen molar-refractivity contribution in [1.29, 1.82) is 0 Å². The lowest BCUT2D eigenvalue weighted by Crippen LogP contribution is -2.46. The number of hydrogen-bond acceptors (Lipinski definition) is 3. The number of rotatable bonds is 5. The molecule has 2 aromatic rings. The van der Waals surface area contributed by atoms with E-state index in [1.165, 1.54) is 0 Å². The van der Waals surface area contributed by atoms with Crippen LogP contribution in [0, 0.1) is 0 Å². The summed E-state index contributed by atoms with van der Waals surface area (Å²) in [5.74, 6) is 0.733. The van der Waals surface area contributed by atoms with Gasteiger partial charge in [-0.1, -0.05) is 30.3 Å². The summed E-state index contributed by atoms with van der Waals surface area (Å²) in [5, 5.41) is 3.06. The lowest BCUT2D eigenvalue weighted by Gasteiger charge is -2.31. The second-order valence-corrected chi connectivity index (χ2v) is 6.55. The van der Waals surface area contributed by atoms with E-state index in [1.807, 2.05) is 53.4 Å². The number of piperidine rings is 1. The van der Waals surface area contributed by atoms with E-state index >= 15 is 0 Å². The molecular weight excluding hydrogens is 340 g/mol. The van der Waals surface area contributed by atoms with E-state index in [0.717, 1.165) is 24.2 Å². The van der Waals surface area contributed by atoms with Gasteiger partial charge in [-0.05, 0) is 48.7 Å². The molecule has 0 saturated carbocycles. The highest BCUT2D eigenvalue weighted by Gasteiger charge is 2.23. The van der Waals surface area contributed by atoms with E-state index in [4.69, 9.17) is 4.74 Å². The second-order valence-electron chi connectivity index (χ2n) is 6.55. The number of hydrogen-bond donors (Lipinski definition) is 1. The van der Waals surface area contributed by atoms with Gasteiger partial charge < -0.3 is 15.0 Å². The second kappa shape index (κ2) is 9.03. The number of amides is 2. The summed E-state index contributed by atoms with van der Waals surface area (Å²) in [5.41, 5.74) is 1.62. The topological polar surface area (TPSA) is 58.6 Å². The van der Waals surface area contributed by atoms with Gasteiger partial charge in [0.05, 0.1) is 7.11 Å². The van der Waals surface area contributed by atoms with Gasteiger partial charge in [0.1, 0.15) is 5.75 Å². The molecule has 0 aliphatic carbocycles. The summed E-state index contributed by atoms with van der Waals surface area (Å²) in [4.78, 5) is 26.4. The first-order valence-electron chi connectivity index (χ1n) is 9.12. The van der Waals surface area contributed by atoms with Gasteiger partial charge in [-0.2, -0.15) is 0 Å². The standard InChI is InChI=1S/C22H24N2O3/c1-27-20-10-7-17(8-11-20)9-12-21(25)24-15-13-19(14-16-24)23-22(26)18-5-3-2-4-6-18/h2-12,19H,13-16H2,1H3,(H,23,26). The predicted molar refractivity (Wildman–Crippen MR) is 106 cm³/mol. The normalized spacial score (nSPS) is 14.9. The van der Waals surface area contributed by atoms with Crippen LogP contribution in [-0.4, -0.2) is 43.0 Å². The number of ether oxygens (including phenoxy) is 1. The zero-order valence-electron chi connectivity index (χ0n) is 15.4. The fraction of sp³-hybridized carbons (Fsp3) is 0.273. The van der Waals surface area contributed by atoms with E-state index in [9.17, 15) is 9.59 Å². The zero-order chi connectivity index (χ0) is 19.1. The molecular formula is C22H24N2O3. The minimum atomic E-state index is -0.0558. The van der Waals surface area contributed by atoms with Crippen LogP contribution in [0.5, 0.6) is 5.75 Å². The number of methoxy groups -OCH3 is 1. The van der Waals surface area contributed by atoms with Gasteiger partial charge in [0, 0.05) is 30.8 Å². The first kappa shape index (κ1) is 18.7. The van der Waals surface area contributed by atoms with Gasteiger partial charge in [-0.15, -0.1) is 0 Å². The molecule has 1 aliphatic rings. The maximum absolute atomic E-state index is 12.4. The number of carbonyl (C=O) groups excluding carboxylic acids is 2. The van der Waals surface area contributed by atoms with Crippen LogP contribution in [0.2, 0.25) is 0 Å². The van der Waals surface area contributed by atoms with Crippen molar-refractivity contribution in [3.63, 3.8) is 0 Å². The van der Waals surface area contributed by atoms with Crippen LogP contribution in [0.4, 0.5) is 0 Å². The van der Waals surface area contributed by atoms with Crippen LogP contribution in [0.25, 0.3) is 6.08 Å². The Kier molecular flexibility index (Phi) is 6.26. The van der Waals surface area contributed by atoms with Crippen LogP contribution < -0.4 is 10.1 Å². The molecule has 3 rings (SSSR count). The largest absolute Gasteiger partial charge is 0.497 e. The Morgan fingerprint density at radius 1 is 1.04 bits per heavy atom. The van der Waals surface area contributed by atoms with E-state index in [0.29, 0.717) is 18.7 Å². The maximum Gasteiger partial charge on any atom is 0.251 e. The van der Waals surface area contributed by atoms with Crippen LogP contribution in [-0.2, 0) is 4.79 Å². The average molecular weight is 364 g/mol. The van der Waals surface area contributed by atoms with Gasteiger partial charge in [-0.3, -0.25) is 9.59 Å². The predicted octanol–water partition coefficient (Wildman–Crippen LogP) is 3.13.